The maximum absolute atomic E-state index is 13.5. The molecule has 0 spiro atoms. The molecule has 5 heteroatoms. The lowest BCUT2D eigenvalue weighted by Crippen LogP contribution is -2.45. The number of piperazine rings is 1. The smallest absolute Gasteiger partial charge is 0.116 e. The van der Waals surface area contributed by atoms with Crippen LogP contribution in [0.3, 0.4) is 0 Å². The van der Waals surface area contributed by atoms with E-state index in [-0.39, 0.29) is 30.9 Å². The van der Waals surface area contributed by atoms with E-state index in [1.807, 2.05) is 24.3 Å². The molecule has 1 saturated heterocycles. The third-order valence-electron chi connectivity index (χ3n) is 3.97. The minimum Gasteiger partial charge on any atom is -0.508 e. The molecule has 114 valence electrons. The van der Waals surface area contributed by atoms with Gasteiger partial charge in [0.25, 0.3) is 0 Å². The number of fused-ring (bicyclic) bond motifs is 1. The molecule has 1 aliphatic heterocycles. The third kappa shape index (κ3) is 3.46. The third-order valence-corrected chi connectivity index (χ3v) is 3.97. The highest BCUT2D eigenvalue weighted by molar-refractivity contribution is 5.85. The normalized spacial score (nSPS) is 17.4. The second-order valence-electron chi connectivity index (χ2n) is 5.25. The first-order valence-corrected chi connectivity index (χ1v) is 7.01. The van der Waals surface area contributed by atoms with Gasteiger partial charge in [-0.15, -0.1) is 12.4 Å². The van der Waals surface area contributed by atoms with Crippen molar-refractivity contribution in [1.82, 2.24) is 10.2 Å². The highest BCUT2D eigenvalue weighted by Crippen LogP contribution is 2.27. The van der Waals surface area contributed by atoms with Gasteiger partial charge in [0.15, 0.2) is 0 Å². The van der Waals surface area contributed by atoms with Crippen molar-refractivity contribution >= 4 is 23.2 Å². The molecule has 0 aromatic heterocycles. The molecule has 1 aliphatic rings. The van der Waals surface area contributed by atoms with Crippen molar-refractivity contribution in [3.05, 3.63) is 42.0 Å². The van der Waals surface area contributed by atoms with E-state index in [1.54, 1.807) is 12.1 Å². The molecule has 0 unspecified atom stereocenters. The predicted molar refractivity (Wildman–Crippen MR) is 86.0 cm³/mol. The molecule has 0 radical (unpaired) electrons. The Hall–Kier alpha value is -1.36. The van der Waals surface area contributed by atoms with Crippen molar-refractivity contribution in [3.63, 3.8) is 0 Å². The van der Waals surface area contributed by atoms with E-state index in [0.29, 0.717) is 0 Å². The van der Waals surface area contributed by atoms with Gasteiger partial charge in [0.2, 0.25) is 0 Å². The lowest BCUT2D eigenvalue weighted by atomic mass is 10.0. The van der Waals surface area contributed by atoms with E-state index in [4.69, 9.17) is 0 Å². The summed E-state index contributed by atoms with van der Waals surface area (Å²) < 4.78 is 13.5. The van der Waals surface area contributed by atoms with Crippen LogP contribution < -0.4 is 5.32 Å². The number of hydrogen-bond acceptors (Lipinski definition) is 3. The Morgan fingerprint density at radius 3 is 2.48 bits per heavy atom. The fourth-order valence-electron chi connectivity index (χ4n) is 2.85. The van der Waals surface area contributed by atoms with E-state index in [1.165, 1.54) is 0 Å². The molecule has 2 aromatic rings. The van der Waals surface area contributed by atoms with Crippen molar-refractivity contribution in [2.24, 2.45) is 0 Å². The Kier molecular flexibility index (Phi) is 5.39. The topological polar surface area (TPSA) is 35.5 Å². The summed E-state index contributed by atoms with van der Waals surface area (Å²) in [6.07, 6.45) is 0. The largest absolute Gasteiger partial charge is 0.508 e. The van der Waals surface area contributed by atoms with Crippen LogP contribution >= 0.6 is 12.4 Å². The summed E-state index contributed by atoms with van der Waals surface area (Å²) in [4.78, 5) is 2.19. The highest BCUT2D eigenvalue weighted by atomic mass is 35.5. The zero-order chi connectivity index (χ0) is 13.9. The average Bonchev–Trinajstić information content (AvgIpc) is 2.49. The van der Waals surface area contributed by atoms with Gasteiger partial charge < -0.3 is 10.4 Å². The van der Waals surface area contributed by atoms with Crippen molar-refractivity contribution in [3.8, 4) is 5.75 Å². The van der Waals surface area contributed by atoms with Crippen LogP contribution in [0.2, 0.25) is 0 Å². The molecule has 2 aromatic carbocycles. The van der Waals surface area contributed by atoms with Gasteiger partial charge in [-0.3, -0.25) is 4.90 Å². The molecule has 1 fully saturated rings. The Balaban J connectivity index is 0.00000161. The number of aromatic hydroxyl groups is 1. The number of phenolic OH excluding ortho intramolecular Hbond substituents is 1. The number of halogens is 2. The SMILES string of the molecule is Cl.Oc1ccc2cc([C@H](CF)N3CCNCC3)ccc2c1. The zero-order valence-electron chi connectivity index (χ0n) is 11.8. The summed E-state index contributed by atoms with van der Waals surface area (Å²) in [5.41, 5.74) is 1.01. The molecule has 0 bridgehead atoms. The quantitative estimate of drug-likeness (QED) is 0.915. The van der Waals surface area contributed by atoms with E-state index < -0.39 is 0 Å². The van der Waals surface area contributed by atoms with Crippen LogP contribution in [0.4, 0.5) is 4.39 Å². The second kappa shape index (κ2) is 7.07. The first-order valence-electron chi connectivity index (χ1n) is 7.01. The predicted octanol–water partition coefficient (Wildman–Crippen LogP) is 2.88. The van der Waals surface area contributed by atoms with E-state index in [9.17, 15) is 9.50 Å². The number of benzene rings is 2. The molecule has 3 rings (SSSR count). The summed E-state index contributed by atoms with van der Waals surface area (Å²) in [7, 11) is 0. The van der Waals surface area contributed by atoms with Gasteiger partial charge in [-0.05, 0) is 34.5 Å². The van der Waals surface area contributed by atoms with Crippen LogP contribution in [-0.2, 0) is 0 Å². The van der Waals surface area contributed by atoms with E-state index >= 15 is 0 Å². The number of nitrogens with one attached hydrogen (secondary N) is 1. The minimum absolute atomic E-state index is 0. The molecule has 3 nitrogen and oxygen atoms in total. The summed E-state index contributed by atoms with van der Waals surface area (Å²) in [6.45, 7) is 3.21. The van der Waals surface area contributed by atoms with Gasteiger partial charge in [0.1, 0.15) is 12.4 Å². The van der Waals surface area contributed by atoms with Crippen LogP contribution in [0.1, 0.15) is 11.6 Å². The zero-order valence-corrected chi connectivity index (χ0v) is 12.6. The Labute approximate surface area is 130 Å². The van der Waals surface area contributed by atoms with Crippen LogP contribution in [0.5, 0.6) is 5.75 Å². The summed E-state index contributed by atoms with van der Waals surface area (Å²) in [5.74, 6) is 0.259. The summed E-state index contributed by atoms with van der Waals surface area (Å²) >= 11 is 0. The van der Waals surface area contributed by atoms with Crippen molar-refractivity contribution in [2.75, 3.05) is 32.9 Å². The molecule has 0 saturated carbocycles. The van der Waals surface area contributed by atoms with Gasteiger partial charge in [-0.25, -0.2) is 4.39 Å². The number of rotatable bonds is 3. The number of nitrogens with zero attached hydrogens (tertiary/aromatic N) is 1. The summed E-state index contributed by atoms with van der Waals surface area (Å²) in [6, 6.07) is 11.1. The second-order valence-corrected chi connectivity index (χ2v) is 5.25. The van der Waals surface area contributed by atoms with Crippen molar-refractivity contribution < 1.29 is 9.50 Å². The maximum Gasteiger partial charge on any atom is 0.116 e. The van der Waals surface area contributed by atoms with E-state index in [0.717, 1.165) is 42.5 Å². The van der Waals surface area contributed by atoms with Crippen LogP contribution in [0.25, 0.3) is 10.8 Å². The van der Waals surface area contributed by atoms with Gasteiger partial charge in [0, 0.05) is 26.2 Å². The molecule has 1 atom stereocenters. The average molecular weight is 311 g/mol. The van der Waals surface area contributed by atoms with Crippen LogP contribution in [0.15, 0.2) is 36.4 Å². The van der Waals surface area contributed by atoms with Gasteiger partial charge in [0.05, 0.1) is 6.04 Å². The fourth-order valence-corrected chi connectivity index (χ4v) is 2.85. The lowest BCUT2D eigenvalue weighted by molar-refractivity contribution is 0.147. The van der Waals surface area contributed by atoms with Crippen molar-refractivity contribution in [1.29, 1.82) is 0 Å². The van der Waals surface area contributed by atoms with Crippen molar-refractivity contribution in [2.45, 2.75) is 6.04 Å². The number of phenols is 1. The molecule has 0 amide bonds. The van der Waals surface area contributed by atoms with Gasteiger partial charge in [-0.1, -0.05) is 18.2 Å². The standard InChI is InChI=1S/C16H19FN2O.ClH/c17-11-16(19-7-5-18-6-8-19)14-2-1-13-10-15(20)4-3-12(13)9-14;/h1-4,9-10,16,18,20H,5-8,11H2;1H/t16-;/m0./s1. The highest BCUT2D eigenvalue weighted by Gasteiger charge is 2.22. The minimum atomic E-state index is -0.371. The Morgan fingerprint density at radius 1 is 1.10 bits per heavy atom. The maximum atomic E-state index is 13.5. The molecule has 2 N–H and O–H groups in total. The Bertz CT molecular complexity index is 602. The lowest BCUT2D eigenvalue weighted by Gasteiger charge is -2.33. The number of alkyl halides is 1. The van der Waals surface area contributed by atoms with E-state index in [2.05, 4.69) is 10.2 Å². The first-order chi connectivity index (χ1) is 9.78. The summed E-state index contributed by atoms with van der Waals surface area (Å²) in [5, 5.41) is 14.8. The number of hydrogen-bond donors (Lipinski definition) is 2. The molecular formula is C16H20ClFN2O. The van der Waals surface area contributed by atoms with Crippen LogP contribution in [0, 0.1) is 0 Å². The fraction of sp³-hybridized carbons (Fsp3) is 0.375. The molecular weight excluding hydrogens is 291 g/mol. The molecule has 21 heavy (non-hydrogen) atoms. The monoisotopic (exact) mass is 310 g/mol. The van der Waals surface area contributed by atoms with Crippen LogP contribution in [-0.4, -0.2) is 42.9 Å². The Morgan fingerprint density at radius 2 is 1.76 bits per heavy atom. The first kappa shape index (κ1) is 16.0. The molecule has 0 aliphatic carbocycles. The van der Waals surface area contributed by atoms with Gasteiger partial charge in [-0.2, -0.15) is 0 Å². The molecule has 1 heterocycles. The van der Waals surface area contributed by atoms with Gasteiger partial charge >= 0.3 is 0 Å².